The van der Waals surface area contributed by atoms with Crippen LogP contribution in [-0.2, 0) is 6.54 Å². The lowest BCUT2D eigenvalue weighted by atomic mass is 10.3. The Morgan fingerprint density at radius 3 is 2.65 bits per heavy atom. The maximum Gasteiger partial charge on any atom is 0.128 e. The molecule has 3 nitrogen and oxygen atoms in total. The summed E-state index contributed by atoms with van der Waals surface area (Å²) in [5.74, 6) is 1.10. The Kier molecular flexibility index (Phi) is 6.63. The van der Waals surface area contributed by atoms with Gasteiger partial charge in [-0.15, -0.1) is 0 Å². The van der Waals surface area contributed by atoms with Gasteiger partial charge in [0.25, 0.3) is 0 Å². The fraction of sp³-hybridized carbons (Fsp3) is 0.643. The second-order valence-electron chi connectivity index (χ2n) is 4.24. The van der Waals surface area contributed by atoms with Gasteiger partial charge in [0.2, 0.25) is 0 Å². The van der Waals surface area contributed by atoms with Crippen LogP contribution in [0.2, 0.25) is 0 Å². The van der Waals surface area contributed by atoms with E-state index < -0.39 is 0 Å². The van der Waals surface area contributed by atoms with Crippen LogP contribution in [0.15, 0.2) is 18.2 Å². The summed E-state index contributed by atoms with van der Waals surface area (Å²) in [7, 11) is 0. The van der Waals surface area contributed by atoms with Crippen molar-refractivity contribution in [1.82, 2.24) is 10.3 Å². The third-order valence-electron chi connectivity index (χ3n) is 2.72. The number of nitrogens with one attached hydrogen (secondary N) is 1. The predicted octanol–water partition coefficient (Wildman–Crippen LogP) is 2.82. The molecular weight excluding hydrogens is 210 g/mol. The lowest BCUT2D eigenvalue weighted by Crippen LogP contribution is -2.25. The van der Waals surface area contributed by atoms with Crippen LogP contribution in [0.3, 0.4) is 0 Å². The van der Waals surface area contributed by atoms with Crippen LogP contribution in [0.4, 0.5) is 5.82 Å². The van der Waals surface area contributed by atoms with E-state index in [1.807, 2.05) is 0 Å². The summed E-state index contributed by atoms with van der Waals surface area (Å²) in [6, 6.07) is 6.29. The highest BCUT2D eigenvalue weighted by molar-refractivity contribution is 5.38. The average molecular weight is 235 g/mol. The highest BCUT2D eigenvalue weighted by Gasteiger charge is 2.04. The third kappa shape index (κ3) is 4.73. The average Bonchev–Trinajstić information content (AvgIpc) is 2.36. The van der Waals surface area contributed by atoms with Crippen LogP contribution in [-0.4, -0.2) is 24.6 Å². The Morgan fingerprint density at radius 2 is 2.00 bits per heavy atom. The molecule has 0 aromatic carbocycles. The van der Waals surface area contributed by atoms with Gasteiger partial charge in [0.05, 0.1) is 5.69 Å². The molecule has 0 bridgehead atoms. The molecule has 1 rings (SSSR count). The van der Waals surface area contributed by atoms with Crippen molar-refractivity contribution < 1.29 is 0 Å². The number of aromatic nitrogens is 1. The lowest BCUT2D eigenvalue weighted by Gasteiger charge is -2.21. The lowest BCUT2D eigenvalue weighted by molar-refractivity contribution is 0.662. The summed E-state index contributed by atoms with van der Waals surface area (Å²) in [4.78, 5) is 7.02. The zero-order valence-electron chi connectivity index (χ0n) is 11.4. The van der Waals surface area contributed by atoms with Crippen molar-refractivity contribution in [3.63, 3.8) is 0 Å². The highest BCUT2D eigenvalue weighted by atomic mass is 15.2. The molecule has 0 saturated heterocycles. The van der Waals surface area contributed by atoms with Crippen molar-refractivity contribution in [3.05, 3.63) is 23.9 Å². The number of pyridine rings is 1. The molecule has 0 aliphatic rings. The van der Waals surface area contributed by atoms with Gasteiger partial charge >= 0.3 is 0 Å². The van der Waals surface area contributed by atoms with E-state index in [4.69, 9.17) is 4.98 Å². The number of anilines is 1. The topological polar surface area (TPSA) is 28.2 Å². The molecule has 17 heavy (non-hydrogen) atoms. The molecule has 0 atom stereocenters. The van der Waals surface area contributed by atoms with E-state index in [-0.39, 0.29) is 0 Å². The standard InChI is InChI=1S/C14H25N3/c1-4-10-15-12-13-8-7-9-14(16-13)17(6-3)11-5-2/h7-9,15H,4-6,10-12H2,1-3H3. The van der Waals surface area contributed by atoms with Crippen molar-refractivity contribution in [2.24, 2.45) is 0 Å². The van der Waals surface area contributed by atoms with Crippen molar-refractivity contribution in [1.29, 1.82) is 0 Å². The van der Waals surface area contributed by atoms with Crippen molar-refractivity contribution in [3.8, 4) is 0 Å². The first-order valence-electron chi connectivity index (χ1n) is 6.73. The maximum absolute atomic E-state index is 4.70. The number of rotatable bonds is 8. The normalized spacial score (nSPS) is 10.5. The summed E-state index contributed by atoms with van der Waals surface area (Å²) in [6.07, 6.45) is 2.32. The first-order chi connectivity index (χ1) is 8.31. The smallest absolute Gasteiger partial charge is 0.128 e. The van der Waals surface area contributed by atoms with Gasteiger partial charge in [0.15, 0.2) is 0 Å². The van der Waals surface area contributed by atoms with Crippen LogP contribution in [0.25, 0.3) is 0 Å². The fourth-order valence-electron chi connectivity index (χ4n) is 1.84. The molecule has 0 aliphatic heterocycles. The fourth-order valence-corrected chi connectivity index (χ4v) is 1.84. The summed E-state index contributed by atoms with van der Waals surface area (Å²) in [5.41, 5.74) is 1.13. The first kappa shape index (κ1) is 14.0. The second-order valence-corrected chi connectivity index (χ2v) is 4.24. The monoisotopic (exact) mass is 235 g/mol. The van der Waals surface area contributed by atoms with E-state index in [1.165, 1.54) is 0 Å². The summed E-state index contributed by atoms with van der Waals surface area (Å²) in [6.45, 7) is 10.6. The van der Waals surface area contributed by atoms with Gasteiger partial charge in [-0.05, 0) is 38.4 Å². The zero-order chi connectivity index (χ0) is 12.5. The van der Waals surface area contributed by atoms with E-state index in [1.54, 1.807) is 0 Å². The van der Waals surface area contributed by atoms with Crippen molar-refractivity contribution >= 4 is 5.82 Å². The highest BCUT2D eigenvalue weighted by Crippen LogP contribution is 2.11. The summed E-state index contributed by atoms with van der Waals surface area (Å²) < 4.78 is 0. The van der Waals surface area contributed by atoms with Crippen LogP contribution in [0.5, 0.6) is 0 Å². The van der Waals surface area contributed by atoms with Gasteiger partial charge in [0.1, 0.15) is 5.82 Å². The van der Waals surface area contributed by atoms with Crippen LogP contribution in [0, 0.1) is 0 Å². The van der Waals surface area contributed by atoms with E-state index in [2.05, 4.69) is 49.2 Å². The van der Waals surface area contributed by atoms with Gasteiger partial charge < -0.3 is 10.2 Å². The summed E-state index contributed by atoms with van der Waals surface area (Å²) in [5, 5.41) is 3.39. The molecule has 3 heteroatoms. The number of nitrogens with zero attached hydrogens (tertiary/aromatic N) is 2. The maximum atomic E-state index is 4.70. The van der Waals surface area contributed by atoms with E-state index in [0.717, 1.165) is 50.5 Å². The molecule has 0 fully saturated rings. The Balaban J connectivity index is 2.63. The number of hydrogen-bond donors (Lipinski definition) is 1. The molecule has 0 unspecified atom stereocenters. The van der Waals surface area contributed by atoms with Crippen molar-refractivity contribution in [2.75, 3.05) is 24.5 Å². The van der Waals surface area contributed by atoms with Crippen molar-refractivity contribution in [2.45, 2.75) is 40.2 Å². The van der Waals surface area contributed by atoms with Gasteiger partial charge in [-0.1, -0.05) is 19.9 Å². The van der Waals surface area contributed by atoms with E-state index in [9.17, 15) is 0 Å². The SMILES string of the molecule is CCCNCc1cccc(N(CC)CCC)n1. The van der Waals surface area contributed by atoms with Gasteiger partial charge in [-0.2, -0.15) is 0 Å². The zero-order valence-corrected chi connectivity index (χ0v) is 11.4. The minimum atomic E-state index is 0.866. The van der Waals surface area contributed by atoms with Crippen LogP contribution < -0.4 is 10.2 Å². The van der Waals surface area contributed by atoms with E-state index >= 15 is 0 Å². The Morgan fingerprint density at radius 1 is 1.18 bits per heavy atom. The quantitative estimate of drug-likeness (QED) is 0.702. The van der Waals surface area contributed by atoms with Crippen LogP contribution in [0.1, 0.15) is 39.3 Å². The second kappa shape index (κ2) is 8.07. The Hall–Kier alpha value is -1.09. The van der Waals surface area contributed by atoms with Gasteiger partial charge in [-0.25, -0.2) is 4.98 Å². The van der Waals surface area contributed by atoms with Gasteiger partial charge in [0, 0.05) is 19.6 Å². The Bertz CT molecular complexity index is 312. The molecule has 96 valence electrons. The Labute approximate surface area is 105 Å². The predicted molar refractivity (Wildman–Crippen MR) is 74.4 cm³/mol. The first-order valence-corrected chi connectivity index (χ1v) is 6.73. The van der Waals surface area contributed by atoms with Gasteiger partial charge in [-0.3, -0.25) is 0 Å². The molecule has 1 aromatic rings. The summed E-state index contributed by atoms with van der Waals surface area (Å²) >= 11 is 0. The minimum absolute atomic E-state index is 0.866. The van der Waals surface area contributed by atoms with Crippen LogP contribution >= 0.6 is 0 Å². The molecule has 1 N–H and O–H groups in total. The number of hydrogen-bond acceptors (Lipinski definition) is 3. The largest absolute Gasteiger partial charge is 0.357 e. The van der Waals surface area contributed by atoms with E-state index in [0.29, 0.717) is 0 Å². The molecule has 0 amide bonds. The molecule has 0 aliphatic carbocycles. The molecular formula is C14H25N3. The molecule has 0 spiro atoms. The third-order valence-corrected chi connectivity index (χ3v) is 2.72. The molecule has 1 heterocycles. The molecule has 0 saturated carbocycles. The molecule has 1 aromatic heterocycles. The minimum Gasteiger partial charge on any atom is -0.357 e. The molecule has 0 radical (unpaired) electrons.